The molecule has 0 saturated heterocycles. The molecule has 1 atom stereocenters. The summed E-state index contributed by atoms with van der Waals surface area (Å²) in [6.45, 7) is 0.282. The molecule has 0 amide bonds. The second kappa shape index (κ2) is 9.03. The quantitative estimate of drug-likeness (QED) is 0.824. The maximum Gasteiger partial charge on any atom is 0.252 e. The Morgan fingerprint density at radius 3 is 2.19 bits per heavy atom. The predicted molar refractivity (Wildman–Crippen MR) is 87.1 cm³/mol. The van der Waals surface area contributed by atoms with Crippen LogP contribution in [0.3, 0.4) is 0 Å². The van der Waals surface area contributed by atoms with Crippen LogP contribution in [0.15, 0.2) is 48.5 Å². The zero-order valence-corrected chi connectivity index (χ0v) is 13.2. The van der Waals surface area contributed by atoms with Crippen LogP contribution in [0, 0.1) is 0 Å². The van der Waals surface area contributed by atoms with Crippen LogP contribution < -0.4 is 5.73 Å². The lowest BCUT2D eigenvalue weighted by molar-refractivity contribution is 0.108. The highest BCUT2D eigenvalue weighted by Gasteiger charge is 2.04. The first-order valence-corrected chi connectivity index (χ1v) is 7.17. The van der Waals surface area contributed by atoms with Gasteiger partial charge in [-0.05, 0) is 35.4 Å². The van der Waals surface area contributed by atoms with Crippen molar-refractivity contribution in [3.63, 3.8) is 0 Å². The fourth-order valence-corrected chi connectivity index (χ4v) is 1.85. The number of hydrogen-bond acceptors (Lipinski definition) is 3. The lowest BCUT2D eigenvalue weighted by Gasteiger charge is -2.05. The average Bonchev–Trinajstić information content (AvgIpc) is 2.50. The van der Waals surface area contributed by atoms with E-state index in [2.05, 4.69) is 0 Å². The van der Waals surface area contributed by atoms with Gasteiger partial charge in [-0.15, -0.1) is 0 Å². The van der Waals surface area contributed by atoms with Crippen molar-refractivity contribution in [2.75, 3.05) is 6.54 Å². The monoisotopic (exact) mass is 345 g/mol. The molecule has 0 fully saturated rings. The third kappa shape index (κ3) is 6.04. The minimum absolute atomic E-state index is 0.282. The van der Waals surface area contributed by atoms with E-state index in [4.69, 9.17) is 40.5 Å². The number of hydrogen-bond donors (Lipinski definition) is 2. The van der Waals surface area contributed by atoms with Gasteiger partial charge in [0.2, 0.25) is 0 Å². The first-order valence-electron chi connectivity index (χ1n) is 6.03. The summed E-state index contributed by atoms with van der Waals surface area (Å²) in [4.78, 5) is 10.6. The minimum atomic E-state index is -0.538. The van der Waals surface area contributed by atoms with E-state index in [1.165, 1.54) is 18.2 Å². The number of aliphatic hydroxyl groups is 1. The Kier molecular flexibility index (Phi) is 7.72. The molecule has 0 saturated carbocycles. The second-order valence-corrected chi connectivity index (χ2v) is 5.22. The smallest absolute Gasteiger partial charge is 0.252 e. The van der Waals surface area contributed by atoms with Crippen molar-refractivity contribution >= 4 is 40.0 Å². The molecule has 6 heteroatoms. The molecule has 0 bridgehead atoms. The number of aliphatic hydroxyl groups excluding tert-OH is 1. The van der Waals surface area contributed by atoms with Gasteiger partial charge in [0, 0.05) is 12.1 Å². The third-order valence-corrected chi connectivity index (χ3v) is 3.51. The summed E-state index contributed by atoms with van der Waals surface area (Å²) in [5.74, 6) is 0. The van der Waals surface area contributed by atoms with Crippen LogP contribution in [0.2, 0.25) is 10.0 Å². The molecule has 0 aromatic heterocycles. The minimum Gasteiger partial charge on any atom is -0.387 e. The summed E-state index contributed by atoms with van der Waals surface area (Å²) in [6.07, 6.45) is -0.513. The Balaban J connectivity index is 0.000000211. The highest BCUT2D eigenvalue weighted by Crippen LogP contribution is 2.23. The van der Waals surface area contributed by atoms with Crippen molar-refractivity contribution in [2.24, 2.45) is 5.73 Å². The normalized spacial score (nSPS) is 11.3. The predicted octanol–water partition coefficient (Wildman–Crippen LogP) is 4.05. The van der Waals surface area contributed by atoms with Crippen LogP contribution in [0.4, 0.5) is 0 Å². The van der Waals surface area contributed by atoms with Gasteiger partial charge in [-0.2, -0.15) is 0 Å². The molecular formula is C15H14Cl3NO2. The molecule has 0 aliphatic heterocycles. The number of carbonyl (C=O) groups excluding carboxylic acids is 1. The summed E-state index contributed by atoms with van der Waals surface area (Å²) >= 11 is 16.4. The van der Waals surface area contributed by atoms with Crippen LogP contribution >= 0.6 is 34.8 Å². The Hall–Kier alpha value is -1.10. The van der Waals surface area contributed by atoms with Gasteiger partial charge in [0.1, 0.15) is 0 Å². The zero-order valence-electron chi connectivity index (χ0n) is 11.0. The highest BCUT2D eigenvalue weighted by molar-refractivity contribution is 6.67. The first kappa shape index (κ1) is 18.0. The lowest BCUT2D eigenvalue weighted by Crippen LogP contribution is -2.10. The molecule has 2 rings (SSSR count). The topological polar surface area (TPSA) is 63.3 Å². The van der Waals surface area contributed by atoms with Crippen LogP contribution in [0.25, 0.3) is 0 Å². The van der Waals surface area contributed by atoms with Crippen molar-refractivity contribution in [2.45, 2.75) is 6.10 Å². The Labute approximate surface area is 138 Å². The Morgan fingerprint density at radius 1 is 1.10 bits per heavy atom. The van der Waals surface area contributed by atoms with E-state index in [0.29, 0.717) is 15.6 Å². The first-order chi connectivity index (χ1) is 9.95. The van der Waals surface area contributed by atoms with E-state index in [9.17, 15) is 9.90 Å². The average molecular weight is 347 g/mol. The van der Waals surface area contributed by atoms with Crippen molar-refractivity contribution in [3.05, 3.63) is 69.7 Å². The summed E-state index contributed by atoms with van der Waals surface area (Å²) in [6, 6.07) is 13.9. The molecule has 0 aliphatic carbocycles. The fourth-order valence-electron chi connectivity index (χ4n) is 1.43. The molecule has 2 aromatic carbocycles. The van der Waals surface area contributed by atoms with Gasteiger partial charge in [0.15, 0.2) is 0 Å². The van der Waals surface area contributed by atoms with Gasteiger partial charge in [0.25, 0.3) is 5.24 Å². The van der Waals surface area contributed by atoms with Gasteiger partial charge < -0.3 is 10.8 Å². The summed E-state index contributed by atoms with van der Waals surface area (Å²) in [5.41, 5.74) is 6.48. The van der Waals surface area contributed by atoms with Crippen molar-refractivity contribution < 1.29 is 9.90 Å². The molecule has 2 aromatic rings. The van der Waals surface area contributed by atoms with Crippen LogP contribution in [-0.4, -0.2) is 16.9 Å². The molecule has 0 radical (unpaired) electrons. The molecule has 3 nitrogen and oxygen atoms in total. The lowest BCUT2D eigenvalue weighted by atomic mass is 10.1. The van der Waals surface area contributed by atoms with E-state index in [1.807, 2.05) is 30.3 Å². The van der Waals surface area contributed by atoms with Crippen LogP contribution in [0.1, 0.15) is 22.0 Å². The number of rotatable bonds is 3. The molecule has 3 N–H and O–H groups in total. The van der Waals surface area contributed by atoms with Crippen molar-refractivity contribution in [3.8, 4) is 0 Å². The summed E-state index contributed by atoms with van der Waals surface area (Å²) in [7, 11) is 0. The summed E-state index contributed by atoms with van der Waals surface area (Å²) < 4.78 is 0. The van der Waals surface area contributed by atoms with E-state index in [0.717, 1.165) is 5.56 Å². The highest BCUT2D eigenvalue weighted by atomic mass is 35.5. The van der Waals surface area contributed by atoms with Crippen molar-refractivity contribution in [1.82, 2.24) is 0 Å². The molecule has 0 aliphatic rings. The van der Waals surface area contributed by atoms with E-state index in [-0.39, 0.29) is 6.54 Å². The molecular weight excluding hydrogens is 333 g/mol. The van der Waals surface area contributed by atoms with Gasteiger partial charge in [0.05, 0.1) is 16.1 Å². The molecule has 0 heterocycles. The van der Waals surface area contributed by atoms with Crippen LogP contribution in [-0.2, 0) is 0 Å². The van der Waals surface area contributed by atoms with Gasteiger partial charge in [-0.3, -0.25) is 4.79 Å². The van der Waals surface area contributed by atoms with E-state index < -0.39 is 11.3 Å². The van der Waals surface area contributed by atoms with Gasteiger partial charge >= 0.3 is 0 Å². The number of nitrogens with two attached hydrogens (primary N) is 1. The Bertz CT molecular complexity index is 591. The molecule has 1 unspecified atom stereocenters. The van der Waals surface area contributed by atoms with Crippen LogP contribution in [0.5, 0.6) is 0 Å². The van der Waals surface area contributed by atoms with Gasteiger partial charge in [-0.25, -0.2) is 0 Å². The number of carbonyl (C=O) groups is 1. The fraction of sp³-hybridized carbons (Fsp3) is 0.133. The van der Waals surface area contributed by atoms with Gasteiger partial charge in [-0.1, -0.05) is 53.5 Å². The third-order valence-electron chi connectivity index (χ3n) is 2.55. The molecule has 0 spiro atoms. The standard InChI is InChI=1S/C8H11NO.C7H3Cl3O/c9-6-8(10)7-4-2-1-3-5-7;8-5-2-1-4(7(10)11)3-6(5)9/h1-5,8,10H,6,9H2;1-3H. The zero-order chi connectivity index (χ0) is 15.8. The largest absolute Gasteiger partial charge is 0.387 e. The molecule has 112 valence electrons. The number of halogens is 3. The SMILES string of the molecule is NCC(O)c1ccccc1.O=C(Cl)c1ccc(Cl)c(Cl)c1. The van der Waals surface area contributed by atoms with E-state index >= 15 is 0 Å². The van der Waals surface area contributed by atoms with E-state index in [1.54, 1.807) is 0 Å². The maximum absolute atomic E-state index is 10.6. The Morgan fingerprint density at radius 2 is 1.71 bits per heavy atom. The van der Waals surface area contributed by atoms with Crippen molar-refractivity contribution in [1.29, 1.82) is 0 Å². The maximum atomic E-state index is 10.6. The molecule has 21 heavy (non-hydrogen) atoms. The number of benzene rings is 2. The second-order valence-electron chi connectivity index (χ2n) is 4.06. The summed E-state index contributed by atoms with van der Waals surface area (Å²) in [5, 5.41) is 9.41.